The number of nitrogens with zero attached hydrogens (tertiary/aromatic N) is 3. The number of quaternary nitrogens is 1. The maximum atomic E-state index is 15.1. The molecule has 0 radical (unpaired) electrons. The predicted molar refractivity (Wildman–Crippen MR) is 250 cm³/mol. The molecule has 0 fully saturated rings. The van der Waals surface area contributed by atoms with Gasteiger partial charge in [0, 0.05) is 53.1 Å². The van der Waals surface area contributed by atoms with Gasteiger partial charge in [-0.2, -0.15) is 0 Å². The molecule has 0 aliphatic heterocycles. The Kier molecular flexibility index (Phi) is 7.88. The highest BCUT2D eigenvalue weighted by Gasteiger charge is 2.54. The van der Waals surface area contributed by atoms with Crippen molar-refractivity contribution in [1.29, 1.82) is 0 Å². The van der Waals surface area contributed by atoms with E-state index in [1.54, 1.807) is 0 Å². The van der Waals surface area contributed by atoms with Gasteiger partial charge in [-0.3, -0.25) is 4.65 Å². The van der Waals surface area contributed by atoms with Crippen LogP contribution in [0.25, 0.3) is 66.8 Å². The fourth-order valence-corrected chi connectivity index (χ4v) is 10.1. The number of aromatic nitrogens is 2. The molecule has 1 heterocycles. The summed E-state index contributed by atoms with van der Waals surface area (Å²) in [5.41, 5.74) is 15.5. The van der Waals surface area contributed by atoms with Crippen LogP contribution in [-0.4, -0.2) is 9.97 Å². The lowest BCUT2D eigenvalue weighted by Crippen LogP contribution is -2.31. The molecule has 0 saturated heterocycles. The summed E-state index contributed by atoms with van der Waals surface area (Å²) >= 11 is 0. The Balaban J connectivity index is 1.10. The quantitative estimate of drug-likeness (QED) is 0.125. The van der Waals surface area contributed by atoms with Crippen molar-refractivity contribution in [2.75, 3.05) is 0 Å². The van der Waals surface area contributed by atoms with Crippen molar-refractivity contribution in [3.8, 4) is 56.0 Å². The molecule has 4 nitrogen and oxygen atoms in total. The molecule has 12 rings (SSSR count). The first-order chi connectivity index (χ1) is 30.1. The first-order valence-electron chi connectivity index (χ1n) is 20.8. The lowest BCUT2D eigenvalue weighted by molar-refractivity contribution is 0.693. The summed E-state index contributed by atoms with van der Waals surface area (Å²) in [4.78, 5) is 11.2. The van der Waals surface area contributed by atoms with Gasteiger partial charge < -0.3 is 5.21 Å². The average molecular weight is 780 g/mol. The molecule has 0 amide bonds. The van der Waals surface area contributed by atoms with E-state index in [0.717, 1.165) is 50.2 Å². The monoisotopic (exact) mass is 779 g/mol. The van der Waals surface area contributed by atoms with E-state index in [0.29, 0.717) is 22.9 Å². The smallest absolute Gasteiger partial charge is 0.160 e. The van der Waals surface area contributed by atoms with Crippen LogP contribution in [-0.2, 0) is 5.41 Å². The van der Waals surface area contributed by atoms with E-state index in [1.165, 1.54) is 33.2 Å². The molecule has 0 saturated carbocycles. The van der Waals surface area contributed by atoms with E-state index in [1.807, 2.05) is 78.9 Å². The van der Waals surface area contributed by atoms with E-state index in [2.05, 4.69) is 146 Å². The molecule has 61 heavy (non-hydrogen) atoms. The van der Waals surface area contributed by atoms with Crippen LogP contribution in [0, 0.1) is 5.21 Å². The minimum absolute atomic E-state index is 0.635. The van der Waals surface area contributed by atoms with Crippen LogP contribution in [0.15, 0.2) is 224 Å². The lowest BCUT2D eigenvalue weighted by Gasteiger charge is -2.41. The van der Waals surface area contributed by atoms with Crippen LogP contribution in [0.3, 0.4) is 0 Å². The molecule has 4 heteroatoms. The first-order valence-corrected chi connectivity index (χ1v) is 20.8. The number of hydrogen-bond donors (Lipinski definition) is 0. The highest BCUT2D eigenvalue weighted by atomic mass is 16.5. The van der Waals surface area contributed by atoms with E-state index in [9.17, 15) is 0 Å². The van der Waals surface area contributed by atoms with Gasteiger partial charge >= 0.3 is 0 Å². The minimum atomic E-state index is -0.721. The van der Waals surface area contributed by atoms with Crippen molar-refractivity contribution in [2.45, 2.75) is 5.41 Å². The second kappa shape index (κ2) is 13.7. The van der Waals surface area contributed by atoms with Gasteiger partial charge in [0.15, 0.2) is 5.82 Å². The van der Waals surface area contributed by atoms with Gasteiger partial charge in [-0.05, 0) is 73.5 Å². The summed E-state index contributed by atoms with van der Waals surface area (Å²) in [7, 11) is 0. The Morgan fingerprint density at radius 1 is 0.377 bits per heavy atom. The van der Waals surface area contributed by atoms with Gasteiger partial charge in [0.2, 0.25) is 0 Å². The summed E-state index contributed by atoms with van der Waals surface area (Å²) < 4.78 is -0.694. The van der Waals surface area contributed by atoms with Crippen LogP contribution in [0.4, 0.5) is 17.1 Å². The second-order valence-corrected chi connectivity index (χ2v) is 15.9. The predicted octanol–water partition coefficient (Wildman–Crippen LogP) is 14.4. The standard InChI is InChI=1S/C57H37N3O/c61-60(42-21-6-2-7-22-42,43-23-8-3-9-24-43)44-34-31-38(32-35-44)41-33-36-47-46-26-12-14-29-50(46)57(52(47)37-41)51-30-15-13-27-49(51)53-54(48-28-16-20-39-17-10-11-25-45(39)48)58-56(59-55(53)57)40-18-4-1-5-19-40/h1-37H. The normalized spacial score (nSPS) is 14.7. The van der Waals surface area contributed by atoms with Gasteiger partial charge in [0.1, 0.15) is 17.1 Å². The maximum Gasteiger partial charge on any atom is 0.160 e. The summed E-state index contributed by atoms with van der Waals surface area (Å²) in [5, 5.41) is 17.4. The third kappa shape index (κ3) is 5.14. The molecule has 1 unspecified atom stereocenters. The van der Waals surface area contributed by atoms with Crippen molar-refractivity contribution in [3.63, 3.8) is 0 Å². The second-order valence-electron chi connectivity index (χ2n) is 15.9. The van der Waals surface area contributed by atoms with E-state index < -0.39 is 10.1 Å². The summed E-state index contributed by atoms with van der Waals surface area (Å²) in [6.45, 7) is 0. The van der Waals surface area contributed by atoms with Crippen molar-refractivity contribution in [1.82, 2.24) is 14.6 Å². The molecular weight excluding hydrogens is 743 g/mol. The molecule has 0 N–H and O–H groups in total. The highest BCUT2D eigenvalue weighted by molar-refractivity contribution is 6.04. The molecule has 1 aromatic heterocycles. The average Bonchev–Trinajstić information content (AvgIpc) is 3.81. The minimum Gasteiger partial charge on any atom is -0.616 e. The zero-order valence-corrected chi connectivity index (χ0v) is 33.1. The molecule has 2 aliphatic carbocycles. The topological polar surface area (TPSA) is 48.8 Å². The van der Waals surface area contributed by atoms with Crippen molar-refractivity contribution in [3.05, 3.63) is 252 Å². The third-order valence-corrected chi connectivity index (χ3v) is 12.8. The van der Waals surface area contributed by atoms with Gasteiger partial charge in [-0.25, -0.2) is 9.97 Å². The number of benzene rings is 9. The molecule has 1 spiro atoms. The van der Waals surface area contributed by atoms with Crippen LogP contribution < -0.4 is 4.65 Å². The molecule has 10 aromatic rings. The fourth-order valence-electron chi connectivity index (χ4n) is 10.1. The van der Waals surface area contributed by atoms with Gasteiger partial charge in [0.05, 0.1) is 16.8 Å². The van der Waals surface area contributed by atoms with Crippen molar-refractivity contribution >= 4 is 27.8 Å². The zero-order valence-electron chi connectivity index (χ0n) is 33.1. The van der Waals surface area contributed by atoms with Gasteiger partial charge in [-0.15, -0.1) is 0 Å². The number of hydrogen-bond acceptors (Lipinski definition) is 3. The Morgan fingerprint density at radius 3 is 1.62 bits per heavy atom. The van der Waals surface area contributed by atoms with Gasteiger partial charge in [0.25, 0.3) is 0 Å². The van der Waals surface area contributed by atoms with Gasteiger partial charge in [-0.1, -0.05) is 170 Å². The number of para-hydroxylation sites is 2. The van der Waals surface area contributed by atoms with E-state index >= 15 is 5.21 Å². The molecule has 2 aliphatic rings. The Morgan fingerprint density at radius 2 is 0.902 bits per heavy atom. The molecule has 9 aromatic carbocycles. The summed E-state index contributed by atoms with van der Waals surface area (Å²) in [6, 6.07) is 77.3. The number of rotatable bonds is 6. The van der Waals surface area contributed by atoms with E-state index in [4.69, 9.17) is 9.97 Å². The molecule has 0 bridgehead atoms. The fraction of sp³-hybridized carbons (Fsp3) is 0.0175. The van der Waals surface area contributed by atoms with Crippen molar-refractivity contribution in [2.24, 2.45) is 0 Å². The maximum absolute atomic E-state index is 15.1. The molecule has 1 atom stereocenters. The summed E-state index contributed by atoms with van der Waals surface area (Å²) in [5.74, 6) is 0.697. The third-order valence-electron chi connectivity index (χ3n) is 12.8. The summed E-state index contributed by atoms with van der Waals surface area (Å²) in [6.07, 6.45) is 0. The van der Waals surface area contributed by atoms with Crippen LogP contribution in [0.1, 0.15) is 22.4 Å². The molecular formula is C57H37N3O. The Bertz CT molecular complexity index is 3270. The Hall–Kier alpha value is -7.76. The van der Waals surface area contributed by atoms with E-state index in [-0.39, 0.29) is 0 Å². The largest absolute Gasteiger partial charge is 0.616 e. The van der Waals surface area contributed by atoms with Crippen LogP contribution >= 0.6 is 0 Å². The van der Waals surface area contributed by atoms with Crippen LogP contribution in [0.5, 0.6) is 0 Å². The molecule has 286 valence electrons. The first kappa shape index (κ1) is 35.2. The van der Waals surface area contributed by atoms with Crippen LogP contribution in [0.2, 0.25) is 0 Å². The Labute approximate surface area is 354 Å². The number of fused-ring (bicyclic) bond motifs is 11. The SMILES string of the molecule is [O-][N+](c1ccccc1)(c1ccccc1)c1ccc(-c2ccc3c(c2)C2(c4ccccc4-3)c3ccccc3-c3c(-c4cccc5ccccc45)nc(-c4ccccc4)nc32)cc1. The lowest BCUT2D eigenvalue weighted by atomic mass is 9.72. The zero-order chi connectivity index (χ0) is 40.5. The van der Waals surface area contributed by atoms with Crippen molar-refractivity contribution < 1.29 is 0 Å². The highest BCUT2D eigenvalue weighted by Crippen LogP contribution is 2.64.